The summed E-state index contributed by atoms with van der Waals surface area (Å²) in [5, 5.41) is 0. The summed E-state index contributed by atoms with van der Waals surface area (Å²) in [4.78, 5) is 12.0. The largest absolute Gasteiger partial charge is 0.508 e. The highest BCUT2D eigenvalue weighted by Gasteiger charge is 2.15. The molecule has 0 aromatic heterocycles. The van der Waals surface area contributed by atoms with Crippen LogP contribution in [-0.4, -0.2) is 18.9 Å². The van der Waals surface area contributed by atoms with E-state index in [-0.39, 0.29) is 6.10 Å². The van der Waals surface area contributed by atoms with Gasteiger partial charge in [-0.1, -0.05) is 111 Å². The standard InChI is InChI=1S/C25H50O3/c1-4-7-10-13-15-18-21-24(22-19-16-14-11-8-5-2)28-25(26)27-23-20-17-12-9-6-3/h24H,4-23H2,1-3H3. The maximum Gasteiger partial charge on any atom is 0.508 e. The molecular weight excluding hydrogens is 348 g/mol. The van der Waals surface area contributed by atoms with Crippen LogP contribution in [0.1, 0.15) is 143 Å². The molecule has 0 fully saturated rings. The summed E-state index contributed by atoms with van der Waals surface area (Å²) in [5.74, 6) is 0. The summed E-state index contributed by atoms with van der Waals surface area (Å²) in [5.41, 5.74) is 0. The first kappa shape index (κ1) is 27.3. The smallest absolute Gasteiger partial charge is 0.434 e. The van der Waals surface area contributed by atoms with Crippen molar-refractivity contribution >= 4 is 6.16 Å². The molecule has 0 aliphatic rings. The third-order valence-corrected chi connectivity index (χ3v) is 5.49. The van der Waals surface area contributed by atoms with Gasteiger partial charge in [0.1, 0.15) is 6.10 Å². The van der Waals surface area contributed by atoms with Crippen molar-refractivity contribution in [3.63, 3.8) is 0 Å². The van der Waals surface area contributed by atoms with Gasteiger partial charge < -0.3 is 9.47 Å². The van der Waals surface area contributed by atoms with Crippen molar-refractivity contribution in [3.05, 3.63) is 0 Å². The molecule has 0 spiro atoms. The van der Waals surface area contributed by atoms with Gasteiger partial charge in [-0.15, -0.1) is 0 Å². The molecule has 28 heavy (non-hydrogen) atoms. The van der Waals surface area contributed by atoms with Crippen LogP contribution >= 0.6 is 0 Å². The Labute approximate surface area is 176 Å². The van der Waals surface area contributed by atoms with E-state index in [4.69, 9.17) is 9.47 Å². The predicted octanol–water partition coefficient (Wildman–Crippen LogP) is 8.98. The van der Waals surface area contributed by atoms with E-state index in [2.05, 4.69) is 20.8 Å². The first-order valence-electron chi connectivity index (χ1n) is 12.6. The van der Waals surface area contributed by atoms with E-state index in [1.807, 2.05) is 0 Å². The van der Waals surface area contributed by atoms with E-state index in [0.717, 1.165) is 38.5 Å². The van der Waals surface area contributed by atoms with Crippen molar-refractivity contribution in [2.24, 2.45) is 0 Å². The Hall–Kier alpha value is -0.730. The summed E-state index contributed by atoms with van der Waals surface area (Å²) >= 11 is 0. The van der Waals surface area contributed by atoms with Gasteiger partial charge in [0.05, 0.1) is 6.61 Å². The molecule has 0 heterocycles. The van der Waals surface area contributed by atoms with Crippen molar-refractivity contribution in [3.8, 4) is 0 Å². The highest BCUT2D eigenvalue weighted by atomic mass is 16.7. The second kappa shape index (κ2) is 22.6. The zero-order valence-electron chi connectivity index (χ0n) is 19.4. The van der Waals surface area contributed by atoms with E-state index < -0.39 is 6.16 Å². The van der Waals surface area contributed by atoms with Crippen LogP contribution in [0.4, 0.5) is 4.79 Å². The molecule has 0 N–H and O–H groups in total. The number of hydrogen-bond acceptors (Lipinski definition) is 3. The number of carbonyl (C=O) groups is 1. The van der Waals surface area contributed by atoms with Crippen molar-refractivity contribution in [2.45, 2.75) is 149 Å². The Bertz CT molecular complexity index is 301. The first-order valence-corrected chi connectivity index (χ1v) is 12.6. The molecule has 0 radical (unpaired) electrons. The van der Waals surface area contributed by atoms with E-state index in [9.17, 15) is 4.79 Å². The molecule has 3 heteroatoms. The Balaban J connectivity index is 3.99. The van der Waals surface area contributed by atoms with Crippen molar-refractivity contribution in [1.29, 1.82) is 0 Å². The highest BCUT2D eigenvalue weighted by molar-refractivity contribution is 5.60. The molecule has 0 aliphatic heterocycles. The maximum absolute atomic E-state index is 12.0. The van der Waals surface area contributed by atoms with E-state index >= 15 is 0 Å². The molecule has 3 nitrogen and oxygen atoms in total. The molecule has 0 bridgehead atoms. The zero-order chi connectivity index (χ0) is 20.7. The van der Waals surface area contributed by atoms with Crippen molar-refractivity contribution in [1.82, 2.24) is 0 Å². The molecule has 0 amide bonds. The van der Waals surface area contributed by atoms with Crippen LogP contribution in [0.2, 0.25) is 0 Å². The average molecular weight is 399 g/mol. The number of hydrogen-bond donors (Lipinski definition) is 0. The lowest BCUT2D eigenvalue weighted by Gasteiger charge is -2.18. The Kier molecular flexibility index (Phi) is 22.0. The van der Waals surface area contributed by atoms with Crippen LogP contribution < -0.4 is 0 Å². The minimum atomic E-state index is -0.447. The van der Waals surface area contributed by atoms with Crippen LogP contribution in [-0.2, 0) is 9.47 Å². The van der Waals surface area contributed by atoms with Gasteiger partial charge in [-0.2, -0.15) is 0 Å². The normalized spacial score (nSPS) is 11.1. The van der Waals surface area contributed by atoms with Crippen LogP contribution in [0, 0.1) is 0 Å². The monoisotopic (exact) mass is 398 g/mol. The third-order valence-electron chi connectivity index (χ3n) is 5.49. The van der Waals surface area contributed by atoms with Gasteiger partial charge in [-0.25, -0.2) is 4.79 Å². The van der Waals surface area contributed by atoms with Crippen LogP contribution in [0.5, 0.6) is 0 Å². The molecule has 0 unspecified atom stereocenters. The van der Waals surface area contributed by atoms with Gasteiger partial charge in [-0.05, 0) is 32.1 Å². The summed E-state index contributed by atoms with van der Waals surface area (Å²) in [7, 11) is 0. The molecule has 0 aromatic carbocycles. The average Bonchev–Trinajstić information content (AvgIpc) is 2.69. The second-order valence-electron chi connectivity index (χ2n) is 8.37. The number of ether oxygens (including phenoxy) is 2. The van der Waals surface area contributed by atoms with Crippen molar-refractivity contribution < 1.29 is 14.3 Å². The Morgan fingerprint density at radius 2 is 0.964 bits per heavy atom. The fraction of sp³-hybridized carbons (Fsp3) is 0.960. The molecular formula is C25H50O3. The Morgan fingerprint density at radius 3 is 1.43 bits per heavy atom. The predicted molar refractivity (Wildman–Crippen MR) is 121 cm³/mol. The van der Waals surface area contributed by atoms with Crippen LogP contribution in [0.25, 0.3) is 0 Å². The van der Waals surface area contributed by atoms with Gasteiger partial charge in [-0.3, -0.25) is 0 Å². The molecule has 0 rings (SSSR count). The Morgan fingerprint density at radius 1 is 0.571 bits per heavy atom. The summed E-state index contributed by atoms with van der Waals surface area (Å²) in [6, 6.07) is 0. The fourth-order valence-corrected chi connectivity index (χ4v) is 3.60. The molecule has 0 aliphatic carbocycles. The summed E-state index contributed by atoms with van der Waals surface area (Å²) in [6.45, 7) is 7.21. The minimum Gasteiger partial charge on any atom is -0.434 e. The van der Waals surface area contributed by atoms with E-state index in [1.54, 1.807) is 0 Å². The zero-order valence-corrected chi connectivity index (χ0v) is 19.4. The van der Waals surface area contributed by atoms with Crippen molar-refractivity contribution in [2.75, 3.05) is 6.61 Å². The summed E-state index contributed by atoms with van der Waals surface area (Å²) < 4.78 is 11.0. The first-order chi connectivity index (χ1) is 13.7. The van der Waals surface area contributed by atoms with E-state index in [0.29, 0.717) is 6.61 Å². The van der Waals surface area contributed by atoms with Gasteiger partial charge in [0.2, 0.25) is 0 Å². The quantitative estimate of drug-likeness (QED) is 0.143. The van der Waals surface area contributed by atoms with Gasteiger partial charge in [0.25, 0.3) is 0 Å². The van der Waals surface area contributed by atoms with Crippen LogP contribution in [0.15, 0.2) is 0 Å². The molecule has 0 saturated carbocycles. The van der Waals surface area contributed by atoms with Gasteiger partial charge in [0, 0.05) is 0 Å². The number of rotatable bonds is 21. The SMILES string of the molecule is CCCCCCCCC(CCCCCCCC)OC(=O)OCCCCCCC. The molecule has 0 atom stereocenters. The lowest BCUT2D eigenvalue weighted by Crippen LogP contribution is -2.19. The highest BCUT2D eigenvalue weighted by Crippen LogP contribution is 2.17. The van der Waals surface area contributed by atoms with Crippen LogP contribution in [0.3, 0.4) is 0 Å². The number of carbonyl (C=O) groups excluding carboxylic acids is 1. The van der Waals surface area contributed by atoms with Gasteiger partial charge >= 0.3 is 6.16 Å². The lowest BCUT2D eigenvalue weighted by atomic mass is 10.0. The second-order valence-corrected chi connectivity index (χ2v) is 8.37. The molecule has 0 saturated heterocycles. The fourth-order valence-electron chi connectivity index (χ4n) is 3.60. The maximum atomic E-state index is 12.0. The molecule has 0 aromatic rings. The molecule has 168 valence electrons. The number of unbranched alkanes of at least 4 members (excludes halogenated alkanes) is 14. The minimum absolute atomic E-state index is 0.0462. The summed E-state index contributed by atoms with van der Waals surface area (Å²) in [6.07, 6.45) is 22.8. The third kappa shape index (κ3) is 20.0. The lowest BCUT2D eigenvalue weighted by molar-refractivity contribution is 0.0154. The topological polar surface area (TPSA) is 35.5 Å². The van der Waals surface area contributed by atoms with E-state index in [1.165, 1.54) is 83.5 Å². The van der Waals surface area contributed by atoms with Gasteiger partial charge in [0.15, 0.2) is 0 Å².